The van der Waals surface area contributed by atoms with Crippen LogP contribution >= 0.6 is 0 Å². The van der Waals surface area contributed by atoms with Gasteiger partial charge in [0, 0.05) is 13.2 Å². The molecular formula is C12H21N3O5S. The summed E-state index contributed by atoms with van der Waals surface area (Å²) in [6.07, 6.45) is 2.14. The first-order valence-corrected chi connectivity index (χ1v) is 8.20. The van der Waals surface area contributed by atoms with Crippen LogP contribution in [0.4, 0.5) is 0 Å². The van der Waals surface area contributed by atoms with Crippen LogP contribution in [0.25, 0.3) is 0 Å². The van der Waals surface area contributed by atoms with Gasteiger partial charge in [0.2, 0.25) is 10.0 Å². The number of hydrogen-bond donors (Lipinski definition) is 4. The van der Waals surface area contributed by atoms with Crippen LogP contribution in [0.3, 0.4) is 0 Å². The molecule has 0 saturated heterocycles. The Labute approximate surface area is 123 Å². The maximum absolute atomic E-state index is 12.3. The van der Waals surface area contributed by atoms with Gasteiger partial charge in [-0.25, -0.2) is 17.9 Å². The molecule has 8 nitrogen and oxygen atoms in total. The molecule has 4 N–H and O–H groups in total. The molecule has 0 radical (unpaired) electrons. The quantitative estimate of drug-likeness (QED) is 0.524. The monoisotopic (exact) mass is 319 g/mol. The Hall–Kier alpha value is -1.45. The number of aliphatic hydroxyl groups excluding tert-OH is 1. The minimum atomic E-state index is -3.96. The molecule has 0 saturated carbocycles. The zero-order chi connectivity index (χ0) is 16.0. The second kappa shape index (κ2) is 7.53. The number of aliphatic hydroxyl groups is 1. The third-order valence-corrected chi connectivity index (χ3v) is 4.74. The van der Waals surface area contributed by atoms with Crippen molar-refractivity contribution in [3.05, 3.63) is 11.4 Å². The average Bonchev–Trinajstić information content (AvgIpc) is 2.79. The topological polar surface area (TPSA) is 132 Å². The predicted octanol–water partition coefficient (Wildman–Crippen LogP) is 0.493. The Morgan fingerprint density at radius 3 is 2.62 bits per heavy atom. The van der Waals surface area contributed by atoms with Crippen LogP contribution in [0.1, 0.15) is 42.4 Å². The third-order valence-electron chi connectivity index (χ3n) is 3.16. The number of aryl methyl sites for hydroxylation is 1. The summed E-state index contributed by atoms with van der Waals surface area (Å²) >= 11 is 0. The molecule has 1 aromatic rings. The van der Waals surface area contributed by atoms with Gasteiger partial charge in [-0.1, -0.05) is 13.3 Å². The Bertz CT molecular complexity index is 576. The molecule has 1 rings (SSSR count). The van der Waals surface area contributed by atoms with E-state index in [4.69, 9.17) is 10.2 Å². The maximum atomic E-state index is 12.3. The zero-order valence-electron chi connectivity index (χ0n) is 12.1. The van der Waals surface area contributed by atoms with E-state index >= 15 is 0 Å². The number of rotatable bonds is 9. The molecular weight excluding hydrogens is 298 g/mol. The number of carboxylic acid groups (broad SMARTS) is 1. The number of aromatic carboxylic acids is 1. The van der Waals surface area contributed by atoms with Crippen LogP contribution in [-0.2, 0) is 10.0 Å². The molecule has 21 heavy (non-hydrogen) atoms. The van der Waals surface area contributed by atoms with Crippen LogP contribution in [0.2, 0.25) is 0 Å². The lowest BCUT2D eigenvalue weighted by Gasteiger charge is -2.15. The van der Waals surface area contributed by atoms with Gasteiger partial charge in [-0.3, -0.25) is 5.10 Å². The van der Waals surface area contributed by atoms with Gasteiger partial charge in [0.25, 0.3) is 0 Å². The second-order valence-electron chi connectivity index (χ2n) is 4.85. The van der Waals surface area contributed by atoms with Gasteiger partial charge in [0.05, 0.1) is 5.69 Å². The van der Waals surface area contributed by atoms with E-state index in [0.29, 0.717) is 6.42 Å². The average molecular weight is 319 g/mol. The van der Waals surface area contributed by atoms with Crippen molar-refractivity contribution < 1.29 is 23.4 Å². The van der Waals surface area contributed by atoms with Gasteiger partial charge < -0.3 is 10.2 Å². The molecule has 0 aliphatic rings. The highest BCUT2D eigenvalue weighted by Gasteiger charge is 2.28. The predicted molar refractivity (Wildman–Crippen MR) is 75.6 cm³/mol. The molecule has 1 aromatic heterocycles. The Morgan fingerprint density at radius 1 is 1.43 bits per heavy atom. The first kappa shape index (κ1) is 17.6. The summed E-state index contributed by atoms with van der Waals surface area (Å²) in [6, 6.07) is 0. The van der Waals surface area contributed by atoms with Crippen molar-refractivity contribution in [1.29, 1.82) is 0 Å². The summed E-state index contributed by atoms with van der Waals surface area (Å²) < 4.78 is 26.9. The van der Waals surface area contributed by atoms with E-state index in [1.807, 2.05) is 6.92 Å². The summed E-state index contributed by atoms with van der Waals surface area (Å²) in [5.41, 5.74) is -0.344. The van der Waals surface area contributed by atoms with Crippen molar-refractivity contribution >= 4 is 16.0 Å². The highest BCUT2D eigenvalue weighted by atomic mass is 32.2. The zero-order valence-corrected chi connectivity index (χ0v) is 12.9. The number of carbonyl (C=O) groups is 1. The summed E-state index contributed by atoms with van der Waals surface area (Å²) in [7, 11) is -3.96. The van der Waals surface area contributed by atoms with Crippen molar-refractivity contribution in [1.82, 2.24) is 14.9 Å². The van der Waals surface area contributed by atoms with Crippen molar-refractivity contribution in [2.24, 2.45) is 5.92 Å². The van der Waals surface area contributed by atoms with Crippen molar-refractivity contribution in [2.45, 2.75) is 38.0 Å². The molecule has 120 valence electrons. The van der Waals surface area contributed by atoms with Crippen molar-refractivity contribution in [3.8, 4) is 0 Å². The Morgan fingerprint density at radius 2 is 2.10 bits per heavy atom. The SMILES string of the molecule is CCCC(CCO)CNS(=O)(=O)c1c(C(=O)O)n[nH]c1C. The van der Waals surface area contributed by atoms with E-state index in [1.54, 1.807) is 0 Å². The molecule has 0 spiro atoms. The van der Waals surface area contributed by atoms with E-state index in [-0.39, 0.29) is 29.7 Å². The lowest BCUT2D eigenvalue weighted by molar-refractivity contribution is 0.0686. The van der Waals surface area contributed by atoms with Gasteiger partial charge in [0.1, 0.15) is 4.90 Å². The number of aromatic nitrogens is 2. The highest BCUT2D eigenvalue weighted by molar-refractivity contribution is 7.89. The number of nitrogens with one attached hydrogen (secondary N) is 2. The molecule has 0 aliphatic carbocycles. The number of sulfonamides is 1. The summed E-state index contributed by atoms with van der Waals surface area (Å²) in [4.78, 5) is 10.7. The standard InChI is InChI=1S/C12H21N3O5S/c1-3-4-9(5-6-16)7-13-21(19,20)11-8(2)14-15-10(11)12(17)18/h9,13,16H,3-7H2,1-2H3,(H,14,15)(H,17,18). The van der Waals surface area contributed by atoms with Gasteiger partial charge in [-0.05, 0) is 25.7 Å². The fourth-order valence-electron chi connectivity index (χ4n) is 2.13. The van der Waals surface area contributed by atoms with E-state index in [1.165, 1.54) is 6.92 Å². The third kappa shape index (κ3) is 4.51. The smallest absolute Gasteiger partial charge is 0.357 e. The Kier molecular flexibility index (Phi) is 6.31. The fraction of sp³-hybridized carbons (Fsp3) is 0.667. The lowest BCUT2D eigenvalue weighted by atomic mass is 10.0. The highest BCUT2D eigenvalue weighted by Crippen LogP contribution is 2.18. The number of aromatic amines is 1. The number of nitrogens with zero attached hydrogens (tertiary/aromatic N) is 1. The van der Waals surface area contributed by atoms with E-state index < -0.39 is 21.7 Å². The largest absolute Gasteiger partial charge is 0.476 e. The minimum absolute atomic E-state index is 0.00950. The molecule has 0 bridgehead atoms. The molecule has 0 aliphatic heterocycles. The molecule has 1 unspecified atom stereocenters. The van der Waals surface area contributed by atoms with Crippen LogP contribution in [-0.4, -0.2) is 47.9 Å². The first-order valence-electron chi connectivity index (χ1n) is 6.72. The van der Waals surface area contributed by atoms with Gasteiger partial charge >= 0.3 is 5.97 Å². The van der Waals surface area contributed by atoms with Crippen LogP contribution < -0.4 is 4.72 Å². The lowest BCUT2D eigenvalue weighted by Crippen LogP contribution is -2.31. The van der Waals surface area contributed by atoms with Crippen LogP contribution in [0.15, 0.2) is 4.90 Å². The van der Waals surface area contributed by atoms with Gasteiger partial charge in [0.15, 0.2) is 5.69 Å². The van der Waals surface area contributed by atoms with Crippen molar-refractivity contribution in [2.75, 3.05) is 13.2 Å². The molecule has 0 fully saturated rings. The molecule has 1 heterocycles. The maximum Gasteiger partial charge on any atom is 0.357 e. The van der Waals surface area contributed by atoms with Gasteiger partial charge in [-0.2, -0.15) is 5.10 Å². The summed E-state index contributed by atoms with van der Waals surface area (Å²) in [6.45, 7) is 3.56. The van der Waals surface area contributed by atoms with Crippen molar-refractivity contribution in [3.63, 3.8) is 0 Å². The molecule has 1 atom stereocenters. The van der Waals surface area contributed by atoms with Gasteiger partial charge in [-0.15, -0.1) is 0 Å². The summed E-state index contributed by atoms with van der Waals surface area (Å²) in [5, 5.41) is 23.8. The minimum Gasteiger partial charge on any atom is -0.476 e. The number of carboxylic acids is 1. The second-order valence-corrected chi connectivity index (χ2v) is 6.55. The van der Waals surface area contributed by atoms with E-state index in [9.17, 15) is 13.2 Å². The van der Waals surface area contributed by atoms with Crippen LogP contribution in [0, 0.1) is 12.8 Å². The van der Waals surface area contributed by atoms with E-state index in [2.05, 4.69) is 14.9 Å². The number of hydrogen-bond acceptors (Lipinski definition) is 5. The first-order chi connectivity index (χ1) is 9.83. The number of H-pyrrole nitrogens is 1. The molecule has 0 amide bonds. The normalized spacial score (nSPS) is 13.3. The van der Waals surface area contributed by atoms with E-state index in [0.717, 1.165) is 12.8 Å². The fourth-order valence-corrected chi connectivity index (χ4v) is 3.57. The molecule has 9 heteroatoms. The Balaban J connectivity index is 2.91. The van der Waals surface area contributed by atoms with Crippen LogP contribution in [0.5, 0.6) is 0 Å². The summed E-state index contributed by atoms with van der Waals surface area (Å²) in [5.74, 6) is -1.39. The molecule has 0 aromatic carbocycles.